The molecule has 0 spiro atoms. The first-order valence-electron chi connectivity index (χ1n) is 6.30. The molecule has 1 heterocycles. The van der Waals surface area contributed by atoms with Crippen LogP contribution in [0.5, 0.6) is 0 Å². The fourth-order valence-electron chi connectivity index (χ4n) is 2.40. The summed E-state index contributed by atoms with van der Waals surface area (Å²) < 4.78 is 12.7. The Kier molecular flexibility index (Phi) is 3.18. The number of benzene rings is 2. The van der Waals surface area contributed by atoms with E-state index in [-0.39, 0.29) is 16.5 Å². The zero-order valence-corrected chi connectivity index (χ0v) is 12.3. The highest BCUT2D eigenvalue weighted by Gasteiger charge is 2.32. The number of rotatable bonds is 1. The van der Waals surface area contributed by atoms with Gasteiger partial charge in [0.2, 0.25) is 5.91 Å². The van der Waals surface area contributed by atoms with Crippen molar-refractivity contribution in [2.45, 2.75) is 16.7 Å². The van der Waals surface area contributed by atoms with Crippen molar-refractivity contribution >= 4 is 39.5 Å². The zero-order valence-electron chi connectivity index (χ0n) is 11.5. The van der Waals surface area contributed by atoms with Gasteiger partial charge >= 0.3 is 0 Å². The van der Waals surface area contributed by atoms with Crippen molar-refractivity contribution in [3.8, 4) is 0 Å². The topological polar surface area (TPSA) is 107 Å². The van der Waals surface area contributed by atoms with Crippen molar-refractivity contribution in [1.82, 2.24) is 0 Å². The van der Waals surface area contributed by atoms with E-state index in [0.717, 1.165) is 0 Å². The second-order valence-electron chi connectivity index (χ2n) is 4.76. The quantitative estimate of drug-likeness (QED) is 0.493. The average Bonchev–Trinajstić information content (AvgIpc) is 2.47. The smallest absolute Gasteiger partial charge is 0.270 e. The van der Waals surface area contributed by atoms with Crippen LogP contribution in [0.1, 0.15) is 6.92 Å². The van der Waals surface area contributed by atoms with Crippen LogP contribution in [0.2, 0.25) is 0 Å². The van der Waals surface area contributed by atoms with E-state index in [4.69, 9.17) is 5.73 Å². The molecule has 0 aliphatic carbocycles. The molecule has 3 rings (SSSR count). The van der Waals surface area contributed by atoms with Crippen molar-refractivity contribution in [3.63, 3.8) is 0 Å². The predicted molar refractivity (Wildman–Crippen MR) is 81.4 cm³/mol. The maximum Gasteiger partial charge on any atom is 0.270 e. The van der Waals surface area contributed by atoms with E-state index in [0.29, 0.717) is 22.0 Å². The van der Waals surface area contributed by atoms with Crippen molar-refractivity contribution in [1.29, 1.82) is 0 Å². The molecule has 0 aromatic heterocycles. The number of nitro groups is 1. The Balaban J connectivity index is 2.30. The number of carbonyl (C=O) groups is 1. The van der Waals surface area contributed by atoms with Crippen molar-refractivity contribution in [3.05, 3.63) is 46.5 Å². The molecule has 1 aliphatic rings. The molecule has 2 aromatic carbocycles. The Labute approximate surface area is 128 Å². The number of carbonyl (C=O) groups excluding carboxylic acids is 1. The lowest BCUT2D eigenvalue weighted by Crippen LogP contribution is -2.28. The minimum absolute atomic E-state index is 0.178. The normalized spacial score (nSPS) is 15.9. The van der Waals surface area contributed by atoms with Gasteiger partial charge in [-0.15, -0.1) is 0 Å². The zero-order chi connectivity index (χ0) is 16.0. The molecule has 0 saturated heterocycles. The number of amides is 1. The van der Waals surface area contributed by atoms with Gasteiger partial charge in [-0.05, 0) is 24.3 Å². The van der Waals surface area contributed by atoms with Gasteiger partial charge in [-0.2, -0.15) is 0 Å². The van der Waals surface area contributed by atoms with Crippen LogP contribution in [0.15, 0.2) is 46.2 Å². The third kappa shape index (κ3) is 2.04. The summed E-state index contributed by atoms with van der Waals surface area (Å²) in [6.07, 6.45) is 0. The molecule has 1 atom stereocenters. The number of non-ortho nitro benzene ring substituents is 1. The van der Waals surface area contributed by atoms with Crippen LogP contribution in [-0.4, -0.2) is 15.0 Å². The van der Waals surface area contributed by atoms with Crippen LogP contribution >= 0.6 is 0 Å². The monoisotopic (exact) mass is 317 g/mol. The van der Waals surface area contributed by atoms with Crippen LogP contribution in [-0.2, 0) is 15.6 Å². The summed E-state index contributed by atoms with van der Waals surface area (Å²) in [5.41, 5.74) is 6.80. The van der Waals surface area contributed by atoms with E-state index >= 15 is 0 Å². The van der Waals surface area contributed by atoms with E-state index in [2.05, 4.69) is 0 Å². The number of nitrogen functional groups attached to an aromatic ring is 1. The lowest BCUT2D eigenvalue weighted by molar-refractivity contribution is -0.385. The molecule has 22 heavy (non-hydrogen) atoms. The van der Waals surface area contributed by atoms with E-state index in [1.165, 1.54) is 36.1 Å². The van der Waals surface area contributed by atoms with E-state index in [9.17, 15) is 19.1 Å². The molecule has 2 N–H and O–H groups in total. The number of anilines is 3. The van der Waals surface area contributed by atoms with E-state index in [1.54, 1.807) is 12.1 Å². The van der Waals surface area contributed by atoms with Crippen LogP contribution < -0.4 is 10.6 Å². The maximum absolute atomic E-state index is 12.7. The van der Waals surface area contributed by atoms with Crippen LogP contribution in [0, 0.1) is 10.1 Å². The summed E-state index contributed by atoms with van der Waals surface area (Å²) in [5.74, 6) is -0.280. The highest BCUT2D eigenvalue weighted by Crippen LogP contribution is 2.43. The van der Waals surface area contributed by atoms with Crippen LogP contribution in [0.4, 0.5) is 22.7 Å². The maximum atomic E-state index is 12.7. The van der Waals surface area contributed by atoms with Gasteiger partial charge in [0.25, 0.3) is 5.69 Å². The first-order chi connectivity index (χ1) is 10.4. The predicted octanol–water partition coefficient (Wildman–Crippen LogP) is 2.34. The minimum Gasteiger partial charge on any atom is -0.399 e. The van der Waals surface area contributed by atoms with Gasteiger partial charge in [0.15, 0.2) is 0 Å². The Morgan fingerprint density at radius 1 is 1.18 bits per heavy atom. The van der Waals surface area contributed by atoms with Crippen LogP contribution in [0.25, 0.3) is 0 Å². The van der Waals surface area contributed by atoms with Gasteiger partial charge in [0, 0.05) is 24.7 Å². The molecule has 0 fully saturated rings. The van der Waals surface area contributed by atoms with Gasteiger partial charge in [-0.1, -0.05) is 0 Å². The summed E-state index contributed by atoms with van der Waals surface area (Å²) in [7, 11) is -1.64. The summed E-state index contributed by atoms with van der Waals surface area (Å²) in [5, 5.41) is 10.9. The Morgan fingerprint density at radius 2 is 1.77 bits per heavy atom. The van der Waals surface area contributed by atoms with Gasteiger partial charge in [0.1, 0.15) is 0 Å². The van der Waals surface area contributed by atoms with Crippen LogP contribution in [0.3, 0.4) is 0 Å². The lowest BCUT2D eigenvalue weighted by atomic mass is 10.2. The van der Waals surface area contributed by atoms with Crippen molar-refractivity contribution < 1.29 is 13.9 Å². The summed E-state index contributed by atoms with van der Waals surface area (Å²) in [6, 6.07) is 8.70. The molecular weight excluding hydrogens is 306 g/mol. The first-order valence-corrected chi connectivity index (χ1v) is 7.45. The van der Waals surface area contributed by atoms with Gasteiger partial charge in [-0.25, -0.2) is 4.21 Å². The third-order valence-corrected chi connectivity index (χ3v) is 4.79. The minimum atomic E-state index is -1.64. The third-order valence-electron chi connectivity index (χ3n) is 3.33. The molecule has 8 heteroatoms. The summed E-state index contributed by atoms with van der Waals surface area (Å²) in [6.45, 7) is 1.37. The number of fused-ring (bicyclic) bond motifs is 2. The Bertz CT molecular complexity index is 850. The van der Waals surface area contributed by atoms with E-state index in [1.807, 2.05) is 0 Å². The molecule has 1 aliphatic heterocycles. The standard InChI is InChI=1S/C14H11N3O4S/c1-8(18)16-11-4-2-9(15)6-13(11)22(21)14-7-10(17(19)20)3-5-12(14)16/h2-7H,15H2,1H3. The van der Waals surface area contributed by atoms with Crippen molar-refractivity contribution in [2.24, 2.45) is 0 Å². The number of hydrogen-bond donors (Lipinski definition) is 1. The number of hydrogen-bond acceptors (Lipinski definition) is 5. The van der Waals surface area contributed by atoms with E-state index < -0.39 is 15.7 Å². The fourth-order valence-corrected chi connectivity index (χ4v) is 3.81. The molecule has 2 aromatic rings. The molecule has 0 bridgehead atoms. The second-order valence-corrected chi connectivity index (χ2v) is 6.18. The number of nitrogens with zero attached hydrogens (tertiary/aromatic N) is 2. The Morgan fingerprint density at radius 3 is 2.36 bits per heavy atom. The molecule has 1 amide bonds. The first kappa shape index (κ1) is 14.2. The van der Waals surface area contributed by atoms with Crippen molar-refractivity contribution in [2.75, 3.05) is 10.6 Å². The second kappa shape index (κ2) is 4.92. The number of nitro benzene ring substituents is 1. The Hall–Kier alpha value is -2.74. The largest absolute Gasteiger partial charge is 0.399 e. The molecule has 7 nitrogen and oxygen atoms in total. The molecule has 112 valence electrons. The molecule has 1 unspecified atom stereocenters. The van der Waals surface area contributed by atoms with Gasteiger partial charge in [0.05, 0.1) is 36.9 Å². The number of nitrogens with two attached hydrogens (primary N) is 1. The lowest BCUT2D eigenvalue weighted by Gasteiger charge is -2.30. The molecule has 0 radical (unpaired) electrons. The molecule has 0 saturated carbocycles. The fraction of sp³-hybridized carbons (Fsp3) is 0.0714. The van der Waals surface area contributed by atoms with Gasteiger partial charge in [-0.3, -0.25) is 19.8 Å². The molecular formula is C14H11N3O4S. The average molecular weight is 317 g/mol. The SMILES string of the molecule is CC(=O)N1c2ccc(N)cc2S(=O)c2cc([N+](=O)[O-])ccc21. The summed E-state index contributed by atoms with van der Waals surface area (Å²) >= 11 is 0. The van der Waals surface area contributed by atoms with Gasteiger partial charge < -0.3 is 5.73 Å². The highest BCUT2D eigenvalue weighted by molar-refractivity contribution is 7.85. The summed E-state index contributed by atoms with van der Waals surface area (Å²) in [4.78, 5) is 24.3. The highest BCUT2D eigenvalue weighted by atomic mass is 32.2.